The summed E-state index contributed by atoms with van der Waals surface area (Å²) in [5.74, 6) is 0.346. The first-order valence-corrected chi connectivity index (χ1v) is 4.08. The molecule has 0 saturated carbocycles. The lowest BCUT2D eigenvalue weighted by Gasteiger charge is -2.06. The summed E-state index contributed by atoms with van der Waals surface area (Å²) >= 11 is 5.83. The molecule has 0 aromatic carbocycles. The van der Waals surface area contributed by atoms with Gasteiger partial charge in [-0.1, -0.05) is 11.6 Å². The second kappa shape index (κ2) is 2.93. The van der Waals surface area contributed by atoms with Crippen LogP contribution in [0.5, 0.6) is 0 Å². The van der Waals surface area contributed by atoms with Gasteiger partial charge in [0.1, 0.15) is 5.15 Å². The number of nitrogen functional groups attached to an aromatic ring is 1. The van der Waals surface area contributed by atoms with Crippen LogP contribution in [0, 0.1) is 0 Å². The van der Waals surface area contributed by atoms with Gasteiger partial charge < -0.3 is 10.8 Å². The minimum atomic E-state index is -0.205. The van der Waals surface area contributed by atoms with Crippen LogP contribution < -0.4 is 5.73 Å². The third-order valence-corrected chi connectivity index (χ3v) is 2.13. The highest BCUT2D eigenvalue weighted by molar-refractivity contribution is 6.31. The quantitative estimate of drug-likeness (QED) is 0.644. The molecular formula is C7H7ClN4O. The molecule has 13 heavy (non-hydrogen) atoms. The van der Waals surface area contributed by atoms with E-state index in [-0.39, 0.29) is 23.6 Å². The Kier molecular flexibility index (Phi) is 1.90. The Morgan fingerprint density at radius 1 is 1.54 bits per heavy atom. The predicted octanol–water partition coefficient (Wildman–Crippen LogP) is 0.504. The summed E-state index contributed by atoms with van der Waals surface area (Å²) in [6.45, 7) is -0.0521. The molecule has 1 aliphatic rings. The Morgan fingerprint density at radius 2 is 2.31 bits per heavy atom. The number of aliphatic hydroxyl groups is 1. The number of fused-ring (bicyclic) bond motifs is 1. The minimum Gasteiger partial charge on any atom is -0.395 e. The number of nitrogens with two attached hydrogens (primary N) is 1. The Bertz CT molecular complexity index is 379. The van der Waals surface area contributed by atoms with Crippen molar-refractivity contribution in [3.63, 3.8) is 0 Å². The number of nitrogens with zero attached hydrogens (tertiary/aromatic N) is 3. The molecule has 0 saturated heterocycles. The highest BCUT2D eigenvalue weighted by Crippen LogP contribution is 2.34. The van der Waals surface area contributed by atoms with E-state index in [1.807, 2.05) is 0 Å². The number of aliphatic imine (C=N–C) groups is 1. The van der Waals surface area contributed by atoms with Crippen LogP contribution in [0.2, 0.25) is 5.15 Å². The van der Waals surface area contributed by atoms with Crippen LogP contribution in [0.25, 0.3) is 0 Å². The Labute approximate surface area is 79.3 Å². The Balaban J connectivity index is 2.57. The number of halogens is 1. The summed E-state index contributed by atoms with van der Waals surface area (Å²) in [5.41, 5.74) is 6.03. The van der Waals surface area contributed by atoms with Gasteiger partial charge in [0.05, 0.1) is 6.61 Å². The SMILES string of the molecule is Nc1nc(Cl)c2c(n1)N=CC2CO. The van der Waals surface area contributed by atoms with Gasteiger partial charge in [-0.05, 0) is 0 Å². The average Bonchev–Trinajstić information content (AvgIpc) is 2.47. The van der Waals surface area contributed by atoms with Crippen molar-refractivity contribution in [3.8, 4) is 0 Å². The number of aromatic nitrogens is 2. The molecule has 6 heteroatoms. The lowest BCUT2D eigenvalue weighted by molar-refractivity contribution is 0.292. The van der Waals surface area contributed by atoms with Crippen molar-refractivity contribution in [3.05, 3.63) is 10.7 Å². The molecule has 2 heterocycles. The topological polar surface area (TPSA) is 84.4 Å². The van der Waals surface area contributed by atoms with Gasteiger partial charge in [0, 0.05) is 17.7 Å². The summed E-state index contributed by atoms with van der Waals surface area (Å²) < 4.78 is 0. The van der Waals surface area contributed by atoms with E-state index in [9.17, 15) is 0 Å². The lowest BCUT2D eigenvalue weighted by atomic mass is 10.1. The highest BCUT2D eigenvalue weighted by Gasteiger charge is 2.23. The predicted molar refractivity (Wildman–Crippen MR) is 49.4 cm³/mol. The first-order chi connectivity index (χ1) is 6.22. The molecule has 5 nitrogen and oxygen atoms in total. The first kappa shape index (κ1) is 8.40. The molecule has 2 rings (SSSR count). The summed E-state index contributed by atoms with van der Waals surface area (Å²) in [4.78, 5) is 11.6. The van der Waals surface area contributed by atoms with Crippen molar-refractivity contribution < 1.29 is 5.11 Å². The normalized spacial score (nSPS) is 19.1. The zero-order valence-electron chi connectivity index (χ0n) is 6.61. The van der Waals surface area contributed by atoms with Crippen molar-refractivity contribution in [2.45, 2.75) is 5.92 Å². The summed E-state index contributed by atoms with van der Waals surface area (Å²) in [5, 5.41) is 9.23. The minimum absolute atomic E-state index is 0.0521. The third-order valence-electron chi connectivity index (χ3n) is 1.84. The maximum Gasteiger partial charge on any atom is 0.223 e. The average molecular weight is 199 g/mol. The fraction of sp³-hybridized carbons (Fsp3) is 0.286. The summed E-state index contributed by atoms with van der Waals surface area (Å²) in [7, 11) is 0. The molecule has 0 radical (unpaired) electrons. The van der Waals surface area contributed by atoms with Crippen molar-refractivity contribution in [1.82, 2.24) is 9.97 Å². The van der Waals surface area contributed by atoms with E-state index >= 15 is 0 Å². The fourth-order valence-electron chi connectivity index (χ4n) is 1.24. The largest absolute Gasteiger partial charge is 0.395 e. The van der Waals surface area contributed by atoms with Gasteiger partial charge in [-0.2, -0.15) is 4.98 Å². The Morgan fingerprint density at radius 3 is 3.00 bits per heavy atom. The summed E-state index contributed by atoms with van der Waals surface area (Å²) in [6, 6.07) is 0. The van der Waals surface area contributed by atoms with Crippen molar-refractivity contribution in [1.29, 1.82) is 0 Å². The molecule has 1 aromatic rings. The van der Waals surface area contributed by atoms with Gasteiger partial charge in [-0.25, -0.2) is 9.98 Å². The van der Waals surface area contributed by atoms with Crippen molar-refractivity contribution in [2.75, 3.05) is 12.3 Å². The molecule has 0 bridgehead atoms. The molecular weight excluding hydrogens is 192 g/mol. The number of hydrogen-bond acceptors (Lipinski definition) is 5. The van der Waals surface area contributed by atoms with Crippen LogP contribution in [0.1, 0.15) is 11.5 Å². The van der Waals surface area contributed by atoms with Gasteiger partial charge in [0.15, 0.2) is 5.82 Å². The van der Waals surface area contributed by atoms with E-state index in [0.29, 0.717) is 11.4 Å². The molecule has 3 N–H and O–H groups in total. The van der Waals surface area contributed by atoms with Gasteiger partial charge in [0.25, 0.3) is 0 Å². The van der Waals surface area contributed by atoms with Crippen LogP contribution in [-0.2, 0) is 0 Å². The van der Waals surface area contributed by atoms with Gasteiger partial charge in [-0.3, -0.25) is 0 Å². The number of anilines is 1. The monoisotopic (exact) mass is 198 g/mol. The van der Waals surface area contributed by atoms with Crippen LogP contribution >= 0.6 is 11.6 Å². The molecule has 1 aromatic heterocycles. The van der Waals surface area contributed by atoms with Crippen LogP contribution in [0.15, 0.2) is 4.99 Å². The second-order valence-electron chi connectivity index (χ2n) is 2.68. The van der Waals surface area contributed by atoms with Crippen LogP contribution in [0.3, 0.4) is 0 Å². The number of hydrogen-bond donors (Lipinski definition) is 2. The maximum absolute atomic E-state index is 8.97. The molecule has 0 fully saturated rings. The Hall–Kier alpha value is -1.20. The van der Waals surface area contributed by atoms with E-state index in [0.717, 1.165) is 0 Å². The smallest absolute Gasteiger partial charge is 0.223 e. The fourth-order valence-corrected chi connectivity index (χ4v) is 1.55. The van der Waals surface area contributed by atoms with E-state index in [4.69, 9.17) is 22.4 Å². The summed E-state index contributed by atoms with van der Waals surface area (Å²) in [6.07, 6.45) is 1.59. The molecule has 0 aliphatic carbocycles. The third kappa shape index (κ3) is 1.26. The molecule has 0 amide bonds. The number of rotatable bonds is 1. The van der Waals surface area contributed by atoms with Gasteiger partial charge in [-0.15, -0.1) is 0 Å². The lowest BCUT2D eigenvalue weighted by Crippen LogP contribution is -2.05. The van der Waals surface area contributed by atoms with E-state index in [1.165, 1.54) is 0 Å². The van der Waals surface area contributed by atoms with E-state index in [2.05, 4.69) is 15.0 Å². The second-order valence-corrected chi connectivity index (χ2v) is 3.04. The first-order valence-electron chi connectivity index (χ1n) is 3.70. The molecule has 1 aliphatic heterocycles. The zero-order valence-corrected chi connectivity index (χ0v) is 7.36. The van der Waals surface area contributed by atoms with Gasteiger partial charge in [0.2, 0.25) is 5.95 Å². The molecule has 68 valence electrons. The highest BCUT2D eigenvalue weighted by atomic mass is 35.5. The maximum atomic E-state index is 8.97. The standard InChI is InChI=1S/C7H7ClN4O/c8-5-4-3(2-13)1-10-6(4)12-7(9)11-5/h1,3,13H,2H2,(H2,9,11,12). The molecule has 0 spiro atoms. The van der Waals surface area contributed by atoms with Crippen LogP contribution in [0.4, 0.5) is 11.8 Å². The van der Waals surface area contributed by atoms with Gasteiger partial charge >= 0.3 is 0 Å². The van der Waals surface area contributed by atoms with E-state index in [1.54, 1.807) is 6.21 Å². The van der Waals surface area contributed by atoms with Crippen molar-refractivity contribution >= 4 is 29.6 Å². The number of aliphatic hydroxyl groups excluding tert-OH is 1. The van der Waals surface area contributed by atoms with E-state index < -0.39 is 0 Å². The van der Waals surface area contributed by atoms with Crippen molar-refractivity contribution in [2.24, 2.45) is 4.99 Å². The molecule has 1 unspecified atom stereocenters. The van der Waals surface area contributed by atoms with Crippen LogP contribution in [-0.4, -0.2) is 27.9 Å². The zero-order chi connectivity index (χ0) is 9.42. The molecule has 1 atom stereocenters.